The molecule has 9 heteroatoms. The highest BCUT2D eigenvalue weighted by Crippen LogP contribution is 2.14. The van der Waals surface area contributed by atoms with Crippen LogP contribution in [-0.2, 0) is 22.6 Å². The maximum absolute atomic E-state index is 12.8. The van der Waals surface area contributed by atoms with E-state index in [2.05, 4.69) is 22.7 Å². The van der Waals surface area contributed by atoms with Crippen LogP contribution in [0.4, 0.5) is 4.79 Å². The van der Waals surface area contributed by atoms with Gasteiger partial charge in [0.25, 0.3) is 11.5 Å². The van der Waals surface area contributed by atoms with Crippen LogP contribution in [0.1, 0.15) is 48.7 Å². The number of urea groups is 1. The molecular weight excluding hydrogens is 436 g/mol. The van der Waals surface area contributed by atoms with Crippen molar-refractivity contribution >= 4 is 28.7 Å². The van der Waals surface area contributed by atoms with Gasteiger partial charge in [-0.25, -0.2) is 14.3 Å². The van der Waals surface area contributed by atoms with Gasteiger partial charge in [0.15, 0.2) is 12.3 Å². The third-order valence-electron chi connectivity index (χ3n) is 5.17. The van der Waals surface area contributed by atoms with E-state index in [0.29, 0.717) is 17.3 Å². The van der Waals surface area contributed by atoms with Crippen LogP contribution in [-0.4, -0.2) is 34.3 Å². The number of nitrogens with one attached hydrogen (secondary N) is 2. The summed E-state index contributed by atoms with van der Waals surface area (Å²) in [6.45, 7) is 2.06. The molecule has 34 heavy (non-hydrogen) atoms. The van der Waals surface area contributed by atoms with Gasteiger partial charge in [0, 0.05) is 18.5 Å². The van der Waals surface area contributed by atoms with E-state index in [1.54, 1.807) is 24.3 Å². The molecule has 2 aromatic carbocycles. The van der Waals surface area contributed by atoms with E-state index < -0.39 is 24.5 Å². The minimum Gasteiger partial charge on any atom is -0.451 e. The first kappa shape index (κ1) is 24.6. The van der Waals surface area contributed by atoms with E-state index in [0.717, 1.165) is 31.2 Å². The van der Waals surface area contributed by atoms with Gasteiger partial charge in [-0.05, 0) is 18.1 Å². The summed E-state index contributed by atoms with van der Waals surface area (Å²) in [5, 5.41) is 9.59. The summed E-state index contributed by atoms with van der Waals surface area (Å²) < 4.78 is 6.36. The van der Waals surface area contributed by atoms with Gasteiger partial charge in [0.05, 0.1) is 5.39 Å². The van der Waals surface area contributed by atoms with Crippen LogP contribution in [0.3, 0.4) is 0 Å². The number of esters is 1. The average molecular weight is 465 g/mol. The number of carbonyl (C=O) groups excluding carboxylic acids is 3. The Morgan fingerprint density at radius 1 is 0.941 bits per heavy atom. The van der Waals surface area contributed by atoms with Gasteiger partial charge in [-0.1, -0.05) is 74.7 Å². The summed E-state index contributed by atoms with van der Waals surface area (Å²) in [6, 6.07) is 15.2. The summed E-state index contributed by atoms with van der Waals surface area (Å²) in [6.07, 6.45) is 3.81. The molecule has 0 atom stereocenters. The van der Waals surface area contributed by atoms with Crippen molar-refractivity contribution in [3.8, 4) is 0 Å². The number of aryl methyl sites for hydroxylation is 1. The van der Waals surface area contributed by atoms with Crippen LogP contribution >= 0.6 is 0 Å². The molecule has 0 aliphatic heterocycles. The van der Waals surface area contributed by atoms with E-state index in [9.17, 15) is 19.2 Å². The number of hydrogen-bond donors (Lipinski definition) is 2. The minimum absolute atomic E-state index is 0.0491. The first-order chi connectivity index (χ1) is 16.5. The number of benzene rings is 2. The normalized spacial score (nSPS) is 10.6. The standard InChI is InChI=1S/C25H28N4O5/c1-2-3-4-10-15-29-23(31)20-14-9-8-13-19(20)22(28-29)24(32)34-17-21(30)27-25(33)26-16-18-11-6-5-7-12-18/h5-9,11-14H,2-4,10,15-17H2,1H3,(H2,26,27,30,33). The molecule has 0 radical (unpaired) electrons. The van der Waals surface area contributed by atoms with E-state index >= 15 is 0 Å². The number of unbranched alkanes of at least 4 members (excludes halogenated alkanes) is 3. The largest absolute Gasteiger partial charge is 0.451 e. The SMILES string of the molecule is CCCCCCn1nc(C(=O)OCC(=O)NC(=O)NCc2ccccc2)c2ccccc2c1=O. The molecule has 0 aliphatic carbocycles. The highest BCUT2D eigenvalue weighted by molar-refractivity contribution is 6.03. The van der Waals surface area contributed by atoms with Gasteiger partial charge in [0.1, 0.15) is 0 Å². The Labute approximate surface area is 197 Å². The third-order valence-corrected chi connectivity index (χ3v) is 5.17. The number of aromatic nitrogens is 2. The van der Waals surface area contributed by atoms with Crippen molar-refractivity contribution in [2.45, 2.75) is 45.7 Å². The number of ether oxygens (including phenoxy) is 1. The number of amides is 3. The van der Waals surface area contributed by atoms with E-state index in [-0.39, 0.29) is 17.8 Å². The predicted molar refractivity (Wildman–Crippen MR) is 127 cm³/mol. The third kappa shape index (κ3) is 6.74. The molecule has 0 aliphatic rings. The van der Waals surface area contributed by atoms with Gasteiger partial charge in [-0.2, -0.15) is 5.10 Å². The van der Waals surface area contributed by atoms with E-state index in [1.807, 2.05) is 30.3 Å². The highest BCUT2D eigenvalue weighted by Gasteiger charge is 2.19. The maximum Gasteiger partial charge on any atom is 0.359 e. The Bertz CT molecular complexity index is 1210. The van der Waals surface area contributed by atoms with Crippen molar-refractivity contribution in [2.75, 3.05) is 6.61 Å². The first-order valence-corrected chi connectivity index (χ1v) is 11.3. The fourth-order valence-electron chi connectivity index (χ4n) is 3.41. The number of rotatable bonds is 10. The lowest BCUT2D eigenvalue weighted by Gasteiger charge is -2.11. The fourth-order valence-corrected chi connectivity index (χ4v) is 3.41. The Hall–Kier alpha value is -4.01. The molecule has 0 saturated heterocycles. The van der Waals surface area contributed by atoms with Crippen molar-refractivity contribution in [3.63, 3.8) is 0 Å². The minimum atomic E-state index is -0.849. The molecule has 0 spiro atoms. The molecule has 3 aromatic rings. The van der Waals surface area contributed by atoms with Crippen LogP contribution in [0, 0.1) is 0 Å². The number of carbonyl (C=O) groups is 3. The van der Waals surface area contributed by atoms with Crippen LogP contribution < -0.4 is 16.2 Å². The molecule has 0 unspecified atom stereocenters. The molecule has 9 nitrogen and oxygen atoms in total. The van der Waals surface area contributed by atoms with Crippen molar-refractivity contribution in [2.24, 2.45) is 0 Å². The van der Waals surface area contributed by atoms with Crippen LogP contribution in [0.15, 0.2) is 59.4 Å². The topological polar surface area (TPSA) is 119 Å². The van der Waals surface area contributed by atoms with E-state index in [4.69, 9.17) is 4.74 Å². The molecule has 0 saturated carbocycles. The van der Waals surface area contributed by atoms with E-state index in [1.165, 1.54) is 4.68 Å². The highest BCUT2D eigenvalue weighted by atomic mass is 16.5. The molecule has 3 rings (SSSR count). The van der Waals surface area contributed by atoms with Crippen LogP contribution in [0.5, 0.6) is 0 Å². The summed E-state index contributed by atoms with van der Waals surface area (Å²) >= 11 is 0. The van der Waals surface area contributed by atoms with Gasteiger partial charge in [-0.3, -0.25) is 14.9 Å². The second kappa shape index (κ2) is 12.3. The second-order valence-electron chi connectivity index (χ2n) is 7.78. The molecule has 0 bridgehead atoms. The zero-order chi connectivity index (χ0) is 24.3. The lowest BCUT2D eigenvalue weighted by molar-refractivity contribution is -0.123. The van der Waals surface area contributed by atoms with Crippen LogP contribution in [0.2, 0.25) is 0 Å². The van der Waals surface area contributed by atoms with Gasteiger partial charge in [-0.15, -0.1) is 0 Å². The summed E-state index contributed by atoms with van der Waals surface area (Å²) in [4.78, 5) is 49.5. The Balaban J connectivity index is 1.62. The monoisotopic (exact) mass is 464 g/mol. The molecule has 1 heterocycles. The lowest BCUT2D eigenvalue weighted by Crippen LogP contribution is -2.41. The summed E-state index contributed by atoms with van der Waals surface area (Å²) in [5.74, 6) is -1.63. The Morgan fingerprint density at radius 3 is 2.38 bits per heavy atom. The van der Waals surface area contributed by atoms with Gasteiger partial charge in [0.2, 0.25) is 0 Å². The molecule has 3 amide bonds. The van der Waals surface area contributed by atoms with Gasteiger partial charge >= 0.3 is 12.0 Å². The van der Waals surface area contributed by atoms with Crippen molar-refractivity contribution in [1.82, 2.24) is 20.4 Å². The average Bonchev–Trinajstić information content (AvgIpc) is 2.86. The Kier molecular flexibility index (Phi) is 8.90. The fraction of sp³-hybridized carbons (Fsp3) is 0.320. The molecule has 2 N–H and O–H groups in total. The lowest BCUT2D eigenvalue weighted by atomic mass is 10.1. The number of imide groups is 1. The molecule has 178 valence electrons. The smallest absolute Gasteiger partial charge is 0.359 e. The number of nitrogens with zero attached hydrogens (tertiary/aromatic N) is 2. The van der Waals surface area contributed by atoms with Crippen LogP contribution in [0.25, 0.3) is 10.8 Å². The molecular formula is C25H28N4O5. The van der Waals surface area contributed by atoms with Crippen molar-refractivity contribution in [3.05, 3.63) is 76.2 Å². The molecule has 1 aromatic heterocycles. The first-order valence-electron chi connectivity index (χ1n) is 11.3. The number of hydrogen-bond acceptors (Lipinski definition) is 6. The zero-order valence-electron chi connectivity index (χ0n) is 19.1. The predicted octanol–water partition coefficient (Wildman–Crippen LogP) is 3.16. The summed E-state index contributed by atoms with van der Waals surface area (Å²) in [5.41, 5.74) is 0.544. The second-order valence-corrected chi connectivity index (χ2v) is 7.78. The van der Waals surface area contributed by atoms with Gasteiger partial charge < -0.3 is 10.1 Å². The van der Waals surface area contributed by atoms with Crippen molar-refractivity contribution in [1.29, 1.82) is 0 Å². The summed E-state index contributed by atoms with van der Waals surface area (Å²) in [7, 11) is 0. The number of fused-ring (bicyclic) bond motifs is 1. The van der Waals surface area contributed by atoms with Crippen molar-refractivity contribution < 1.29 is 19.1 Å². The Morgan fingerprint density at radius 2 is 1.65 bits per heavy atom. The zero-order valence-corrected chi connectivity index (χ0v) is 19.1. The molecule has 0 fully saturated rings. The quantitative estimate of drug-likeness (QED) is 0.351. The maximum atomic E-state index is 12.8.